The first-order valence-corrected chi connectivity index (χ1v) is 6.53. The van der Waals surface area contributed by atoms with Crippen molar-refractivity contribution >= 4 is 10.0 Å². The molecule has 2 aromatic rings. The Kier molecular flexibility index (Phi) is 3.30. The first-order chi connectivity index (χ1) is 8.47. The van der Waals surface area contributed by atoms with Crippen molar-refractivity contribution in [2.45, 2.75) is 18.4 Å². The van der Waals surface area contributed by atoms with Crippen molar-refractivity contribution in [2.24, 2.45) is 5.14 Å². The summed E-state index contributed by atoms with van der Waals surface area (Å²) >= 11 is 0. The maximum Gasteiger partial charge on any atom is 0.238 e. The molecule has 0 unspecified atom stereocenters. The fourth-order valence-electron chi connectivity index (χ4n) is 1.36. The maximum atomic E-state index is 11.1. The van der Waals surface area contributed by atoms with Gasteiger partial charge in [0.05, 0.1) is 4.90 Å². The van der Waals surface area contributed by atoms with Crippen LogP contribution >= 0.6 is 0 Å². The van der Waals surface area contributed by atoms with Gasteiger partial charge in [-0.1, -0.05) is 5.16 Å². The zero-order chi connectivity index (χ0) is 13.2. The molecule has 0 aliphatic heterocycles. The molecule has 0 atom stereocenters. The highest BCUT2D eigenvalue weighted by molar-refractivity contribution is 7.89. The number of primary sulfonamides is 1. The molecular formula is C10H11N3O4S. The van der Waals surface area contributed by atoms with E-state index in [9.17, 15) is 8.42 Å². The number of sulfonamides is 1. The first-order valence-electron chi connectivity index (χ1n) is 4.98. The van der Waals surface area contributed by atoms with Crippen molar-refractivity contribution in [3.8, 4) is 5.75 Å². The van der Waals surface area contributed by atoms with E-state index in [1.807, 2.05) is 0 Å². The third-order valence-electron chi connectivity index (χ3n) is 2.24. The van der Waals surface area contributed by atoms with Crippen LogP contribution in [0.2, 0.25) is 0 Å². The molecule has 0 saturated carbocycles. The molecule has 2 N–H and O–H groups in total. The highest BCUT2D eigenvalue weighted by atomic mass is 32.2. The normalized spacial score (nSPS) is 11.4. The topological polar surface area (TPSA) is 108 Å². The van der Waals surface area contributed by atoms with E-state index in [0.29, 0.717) is 17.1 Å². The van der Waals surface area contributed by atoms with Crippen LogP contribution in [0.1, 0.15) is 11.4 Å². The summed E-state index contributed by atoms with van der Waals surface area (Å²) < 4.78 is 32.3. The minimum Gasteiger partial charge on any atom is -0.485 e. The molecule has 0 aliphatic rings. The Morgan fingerprint density at radius 1 is 1.44 bits per heavy atom. The molecule has 0 fully saturated rings. The van der Waals surface area contributed by atoms with E-state index in [1.165, 1.54) is 24.6 Å². The van der Waals surface area contributed by atoms with Gasteiger partial charge in [0, 0.05) is 0 Å². The standard InChI is InChI=1S/C10H11N3O4S/c1-7-4-8(18(11,14)15)2-3-9(7)16-5-10-12-6-17-13-10/h2-4,6H,5H2,1H3,(H2,11,14,15). The van der Waals surface area contributed by atoms with Crippen LogP contribution in [0.5, 0.6) is 5.75 Å². The molecule has 1 aromatic heterocycles. The van der Waals surface area contributed by atoms with E-state index < -0.39 is 10.0 Å². The second-order valence-electron chi connectivity index (χ2n) is 3.61. The van der Waals surface area contributed by atoms with Gasteiger partial charge in [-0.25, -0.2) is 13.6 Å². The lowest BCUT2D eigenvalue weighted by Gasteiger charge is -2.08. The number of hydrogen-bond acceptors (Lipinski definition) is 6. The van der Waals surface area contributed by atoms with Crippen LogP contribution in [0.15, 0.2) is 34.0 Å². The van der Waals surface area contributed by atoms with Crippen molar-refractivity contribution in [1.82, 2.24) is 10.1 Å². The van der Waals surface area contributed by atoms with E-state index in [1.54, 1.807) is 6.92 Å². The van der Waals surface area contributed by atoms with E-state index in [-0.39, 0.29) is 11.5 Å². The van der Waals surface area contributed by atoms with Crippen molar-refractivity contribution < 1.29 is 17.7 Å². The molecule has 1 heterocycles. The second-order valence-corrected chi connectivity index (χ2v) is 5.17. The Labute approximate surface area is 104 Å². The van der Waals surface area contributed by atoms with Crippen LogP contribution in [-0.4, -0.2) is 18.6 Å². The first kappa shape index (κ1) is 12.5. The highest BCUT2D eigenvalue weighted by Gasteiger charge is 2.10. The zero-order valence-electron chi connectivity index (χ0n) is 9.53. The van der Waals surface area contributed by atoms with E-state index >= 15 is 0 Å². The summed E-state index contributed by atoms with van der Waals surface area (Å²) in [4.78, 5) is 3.85. The molecule has 0 aliphatic carbocycles. The monoisotopic (exact) mass is 269 g/mol. The molecule has 96 valence electrons. The van der Waals surface area contributed by atoms with Crippen molar-refractivity contribution in [2.75, 3.05) is 0 Å². The summed E-state index contributed by atoms with van der Waals surface area (Å²) in [6, 6.07) is 4.37. The van der Waals surface area contributed by atoms with Gasteiger partial charge in [0.2, 0.25) is 22.2 Å². The highest BCUT2D eigenvalue weighted by Crippen LogP contribution is 2.21. The quantitative estimate of drug-likeness (QED) is 0.870. The Morgan fingerprint density at radius 3 is 2.78 bits per heavy atom. The molecule has 0 saturated heterocycles. The number of hydrogen-bond donors (Lipinski definition) is 1. The number of aromatic nitrogens is 2. The predicted molar refractivity (Wildman–Crippen MR) is 61.2 cm³/mol. The summed E-state index contributed by atoms with van der Waals surface area (Å²) in [5.41, 5.74) is 0.657. The molecule has 8 heteroatoms. The number of benzene rings is 1. The Bertz CT molecular complexity index is 637. The Morgan fingerprint density at radius 2 is 2.22 bits per heavy atom. The summed E-state index contributed by atoms with van der Waals surface area (Å²) in [5, 5.41) is 8.62. The molecule has 1 aromatic carbocycles. The van der Waals surface area contributed by atoms with Crippen molar-refractivity contribution in [3.63, 3.8) is 0 Å². The van der Waals surface area contributed by atoms with E-state index in [4.69, 9.17) is 9.88 Å². The Balaban J connectivity index is 2.15. The second kappa shape index (κ2) is 4.75. The van der Waals surface area contributed by atoms with Crippen LogP contribution in [-0.2, 0) is 16.6 Å². The average molecular weight is 269 g/mol. The van der Waals surface area contributed by atoms with Gasteiger partial charge >= 0.3 is 0 Å². The zero-order valence-corrected chi connectivity index (χ0v) is 10.3. The lowest BCUT2D eigenvalue weighted by atomic mass is 10.2. The van der Waals surface area contributed by atoms with Crippen LogP contribution in [0, 0.1) is 6.92 Å². The maximum absolute atomic E-state index is 11.1. The smallest absolute Gasteiger partial charge is 0.238 e. The summed E-state index contributed by atoms with van der Waals surface area (Å²) in [7, 11) is -3.70. The van der Waals surface area contributed by atoms with Gasteiger partial charge in [0.1, 0.15) is 5.75 Å². The molecule has 0 radical (unpaired) electrons. The van der Waals surface area contributed by atoms with Gasteiger partial charge in [-0.05, 0) is 30.7 Å². The lowest BCUT2D eigenvalue weighted by Crippen LogP contribution is -2.12. The third-order valence-corrected chi connectivity index (χ3v) is 3.15. The molecule has 0 amide bonds. The minimum absolute atomic E-state index is 0.0481. The number of aryl methyl sites for hydroxylation is 1. The van der Waals surface area contributed by atoms with Crippen LogP contribution in [0.25, 0.3) is 0 Å². The Hall–Kier alpha value is -1.93. The third kappa shape index (κ3) is 2.84. The van der Waals surface area contributed by atoms with Crippen molar-refractivity contribution in [1.29, 1.82) is 0 Å². The number of rotatable bonds is 4. The molecule has 18 heavy (non-hydrogen) atoms. The SMILES string of the molecule is Cc1cc(S(N)(=O)=O)ccc1OCc1ncon1. The lowest BCUT2D eigenvalue weighted by molar-refractivity contribution is 0.284. The number of ether oxygens (including phenoxy) is 1. The molecule has 2 rings (SSSR count). The molecule has 0 bridgehead atoms. The van der Waals surface area contributed by atoms with E-state index in [2.05, 4.69) is 14.7 Å². The molecule has 7 nitrogen and oxygen atoms in total. The van der Waals surface area contributed by atoms with Crippen LogP contribution in [0.3, 0.4) is 0 Å². The van der Waals surface area contributed by atoms with Gasteiger partial charge in [0.25, 0.3) is 0 Å². The average Bonchev–Trinajstić information content (AvgIpc) is 2.79. The summed E-state index contributed by atoms with van der Waals surface area (Å²) in [5.74, 6) is 0.942. The number of nitrogens with zero attached hydrogens (tertiary/aromatic N) is 2. The summed E-state index contributed by atoms with van der Waals surface area (Å²) in [6.07, 6.45) is 1.20. The predicted octanol–water partition coefficient (Wildman–Crippen LogP) is 0.604. The molecule has 0 spiro atoms. The van der Waals surface area contributed by atoms with Gasteiger partial charge in [-0.2, -0.15) is 4.98 Å². The fourth-order valence-corrected chi connectivity index (χ4v) is 1.96. The van der Waals surface area contributed by atoms with Crippen molar-refractivity contribution in [3.05, 3.63) is 36.0 Å². The van der Waals surface area contributed by atoms with Crippen LogP contribution in [0.4, 0.5) is 0 Å². The van der Waals surface area contributed by atoms with E-state index in [0.717, 1.165) is 0 Å². The van der Waals surface area contributed by atoms with Gasteiger partial charge in [0.15, 0.2) is 6.61 Å². The number of nitrogens with two attached hydrogens (primary N) is 1. The largest absolute Gasteiger partial charge is 0.485 e. The van der Waals surface area contributed by atoms with Gasteiger partial charge in [-0.3, -0.25) is 0 Å². The van der Waals surface area contributed by atoms with Crippen LogP contribution < -0.4 is 9.88 Å². The molecular weight excluding hydrogens is 258 g/mol. The summed E-state index contributed by atoms with van der Waals surface area (Å²) in [6.45, 7) is 1.87. The fraction of sp³-hybridized carbons (Fsp3) is 0.200. The van der Waals surface area contributed by atoms with Gasteiger partial charge < -0.3 is 9.26 Å². The van der Waals surface area contributed by atoms with Gasteiger partial charge in [-0.15, -0.1) is 0 Å². The minimum atomic E-state index is -3.70.